The van der Waals surface area contributed by atoms with Crippen LogP contribution in [0.25, 0.3) is 5.69 Å². The van der Waals surface area contributed by atoms with E-state index in [0.717, 1.165) is 30.0 Å². The van der Waals surface area contributed by atoms with Gasteiger partial charge in [0.2, 0.25) is 0 Å². The van der Waals surface area contributed by atoms with Gasteiger partial charge in [0.1, 0.15) is 5.75 Å². The minimum absolute atomic E-state index is 0.371. The number of aryl methyl sites for hydroxylation is 1. The molecule has 1 radical (unpaired) electrons. The van der Waals surface area contributed by atoms with E-state index in [1.807, 2.05) is 30.3 Å². The molecule has 0 unspecified atom stereocenters. The van der Waals surface area contributed by atoms with Crippen LogP contribution in [0.15, 0.2) is 42.5 Å². The van der Waals surface area contributed by atoms with Crippen molar-refractivity contribution < 1.29 is 4.74 Å². The molecule has 1 aliphatic rings. The Balaban J connectivity index is 1.43. The zero-order chi connectivity index (χ0) is 18.8. The summed E-state index contributed by atoms with van der Waals surface area (Å²) < 4.78 is 8.72. The molecule has 8 heteroatoms. The van der Waals surface area contributed by atoms with Crippen LogP contribution in [0.2, 0.25) is 0 Å². The normalized spacial score (nSPS) is 13.3. The molecule has 6 nitrogen and oxygen atoms in total. The number of ether oxygens (including phenoxy) is 1. The van der Waals surface area contributed by atoms with Crippen molar-refractivity contribution in [3.05, 3.63) is 64.1 Å². The molecular formula is C19H20N5OS2. The van der Waals surface area contributed by atoms with Crippen LogP contribution < -0.4 is 15.0 Å². The number of rotatable bonds is 5. The molecule has 0 amide bonds. The van der Waals surface area contributed by atoms with E-state index in [1.165, 1.54) is 11.3 Å². The van der Waals surface area contributed by atoms with Gasteiger partial charge in [-0.05, 0) is 79.2 Å². The monoisotopic (exact) mass is 398 g/mol. The highest BCUT2D eigenvalue weighted by atomic mass is 32.1. The summed E-state index contributed by atoms with van der Waals surface area (Å²) in [5, 5.41) is 8.97. The van der Waals surface area contributed by atoms with Crippen molar-refractivity contribution in [1.29, 1.82) is 0 Å². The summed E-state index contributed by atoms with van der Waals surface area (Å²) >= 11 is 10.5. The highest BCUT2D eigenvalue weighted by molar-refractivity contribution is 7.72. The van der Waals surface area contributed by atoms with Crippen molar-refractivity contribution in [2.24, 2.45) is 0 Å². The topological polar surface area (TPSA) is 61.0 Å². The average molecular weight is 399 g/mol. The molecule has 3 aromatic rings. The van der Waals surface area contributed by atoms with Gasteiger partial charge < -0.3 is 15.0 Å². The molecule has 27 heavy (non-hydrogen) atoms. The number of aromatic amines is 2. The summed E-state index contributed by atoms with van der Waals surface area (Å²) in [6.45, 7) is 2.58. The molecule has 4 rings (SSSR count). The van der Waals surface area contributed by atoms with Crippen molar-refractivity contribution in [3.8, 4) is 11.4 Å². The second-order valence-electron chi connectivity index (χ2n) is 6.33. The van der Waals surface area contributed by atoms with Crippen molar-refractivity contribution in [1.82, 2.24) is 14.8 Å². The fourth-order valence-corrected chi connectivity index (χ4v) is 3.76. The summed E-state index contributed by atoms with van der Waals surface area (Å²) in [5.74, 6) is 0.864. The van der Waals surface area contributed by atoms with Gasteiger partial charge in [0.15, 0.2) is 16.3 Å². The van der Waals surface area contributed by atoms with Gasteiger partial charge in [0.05, 0.1) is 5.69 Å². The number of benzene rings is 2. The van der Waals surface area contributed by atoms with Crippen LogP contribution in [0.4, 0.5) is 11.4 Å². The molecule has 139 valence electrons. The van der Waals surface area contributed by atoms with Crippen molar-refractivity contribution in [3.63, 3.8) is 0 Å². The zero-order valence-corrected chi connectivity index (χ0v) is 16.5. The van der Waals surface area contributed by atoms with Crippen LogP contribution in [0.5, 0.6) is 5.75 Å². The Morgan fingerprint density at radius 3 is 2.74 bits per heavy atom. The Kier molecular flexibility index (Phi) is 5.00. The fourth-order valence-electron chi connectivity index (χ4n) is 3.21. The number of anilines is 2. The van der Waals surface area contributed by atoms with E-state index < -0.39 is 0 Å². The lowest BCUT2D eigenvalue weighted by atomic mass is 10.0. The van der Waals surface area contributed by atoms with Crippen molar-refractivity contribution >= 4 is 35.8 Å². The van der Waals surface area contributed by atoms with Gasteiger partial charge in [0, 0.05) is 25.0 Å². The lowest BCUT2D eigenvalue weighted by molar-refractivity contribution is 0.346. The number of aromatic nitrogens is 3. The van der Waals surface area contributed by atoms with Crippen molar-refractivity contribution in [2.75, 3.05) is 24.0 Å². The second kappa shape index (κ2) is 7.58. The van der Waals surface area contributed by atoms with Gasteiger partial charge in [0.25, 0.3) is 0 Å². The first-order valence-electron chi connectivity index (χ1n) is 8.68. The first kappa shape index (κ1) is 17.8. The molecule has 0 saturated heterocycles. The van der Waals surface area contributed by atoms with E-state index in [0.29, 0.717) is 16.3 Å². The Labute approximate surface area is 167 Å². The maximum Gasteiger partial charge on any atom is 0.198 e. The summed E-state index contributed by atoms with van der Waals surface area (Å²) in [7, 11) is 2.08. The molecule has 3 N–H and O–H groups in total. The fraction of sp³-hybridized carbons (Fsp3) is 0.211. The first-order chi connectivity index (χ1) is 13.1. The maximum atomic E-state index is 5.89. The molecule has 1 aromatic heterocycles. The summed E-state index contributed by atoms with van der Waals surface area (Å²) in [4.78, 5) is 2.17. The van der Waals surface area contributed by atoms with Crippen LogP contribution in [0.3, 0.4) is 0 Å². The number of nitrogens with one attached hydrogen (secondary N) is 3. The molecule has 1 aliphatic heterocycles. The van der Waals surface area contributed by atoms with E-state index in [2.05, 4.69) is 46.1 Å². The van der Waals surface area contributed by atoms with E-state index in [-0.39, 0.29) is 0 Å². The van der Waals surface area contributed by atoms with Crippen LogP contribution in [0.1, 0.15) is 12.0 Å². The largest absolute Gasteiger partial charge is 0.473 e. The predicted octanol–water partition coefficient (Wildman–Crippen LogP) is 4.59. The smallest absolute Gasteiger partial charge is 0.198 e. The average Bonchev–Trinajstić information content (AvgIpc) is 3.00. The third kappa shape index (κ3) is 3.77. The molecule has 0 bridgehead atoms. The number of hydrogen-bond acceptors (Lipinski definition) is 5. The van der Waals surface area contributed by atoms with Gasteiger partial charge in [-0.2, -0.15) is 0 Å². The molecule has 2 heterocycles. The molecule has 0 fully saturated rings. The van der Waals surface area contributed by atoms with Gasteiger partial charge in [-0.3, -0.25) is 14.8 Å². The zero-order valence-electron chi connectivity index (χ0n) is 14.9. The van der Waals surface area contributed by atoms with Crippen molar-refractivity contribution in [2.45, 2.75) is 12.8 Å². The first-order valence-corrected chi connectivity index (χ1v) is 9.49. The van der Waals surface area contributed by atoms with E-state index in [4.69, 9.17) is 29.2 Å². The van der Waals surface area contributed by atoms with E-state index in [9.17, 15) is 0 Å². The third-order valence-electron chi connectivity index (χ3n) is 4.55. The highest BCUT2D eigenvalue weighted by Crippen LogP contribution is 2.30. The van der Waals surface area contributed by atoms with Crippen LogP contribution in [-0.4, -0.2) is 28.5 Å². The van der Waals surface area contributed by atoms with Gasteiger partial charge in [-0.25, -0.2) is 0 Å². The second-order valence-corrected chi connectivity index (χ2v) is 7.11. The quantitative estimate of drug-likeness (QED) is 0.434. The van der Waals surface area contributed by atoms with Gasteiger partial charge in [-0.1, -0.05) is 6.07 Å². The number of H-pyrrole nitrogens is 2. The number of hydrogen-bond donors (Lipinski definition) is 3. The van der Waals surface area contributed by atoms with Gasteiger partial charge in [-0.15, -0.1) is 0 Å². The third-order valence-corrected chi connectivity index (χ3v) is 5.12. The molecule has 0 aliphatic carbocycles. The SMILES string of the molecule is CN1[CH]CCc2cc(OCNc3cccc(-n4c(=S)[nH][nH]c4=S)c3)ccc21. The Morgan fingerprint density at radius 2 is 1.93 bits per heavy atom. The lowest BCUT2D eigenvalue weighted by Crippen LogP contribution is -2.20. The minimum atomic E-state index is 0.371. The standard InChI is InChI=1S/C19H20N5OS2/c1-23-9-3-4-13-10-16(7-8-17(13)23)25-12-20-14-5-2-6-15(11-14)24-18(26)21-22-19(24)27/h2,5-11,20H,3-4,12H2,1H3,(H,21,26)(H,22,27). The Morgan fingerprint density at radius 1 is 1.11 bits per heavy atom. The molecular weight excluding hydrogens is 378 g/mol. The van der Waals surface area contributed by atoms with Gasteiger partial charge >= 0.3 is 0 Å². The molecule has 0 saturated carbocycles. The Bertz CT molecular complexity index is 1040. The Hall–Kier alpha value is -2.58. The molecule has 0 atom stereocenters. The van der Waals surface area contributed by atoms with Crippen LogP contribution in [0, 0.1) is 16.1 Å². The van der Waals surface area contributed by atoms with E-state index >= 15 is 0 Å². The summed E-state index contributed by atoms with van der Waals surface area (Å²) in [6.07, 6.45) is 2.10. The number of nitrogens with zero attached hydrogens (tertiary/aromatic N) is 2. The predicted molar refractivity (Wildman–Crippen MR) is 113 cm³/mol. The van der Waals surface area contributed by atoms with Crippen LogP contribution in [-0.2, 0) is 6.42 Å². The van der Waals surface area contributed by atoms with E-state index in [1.54, 1.807) is 4.57 Å². The minimum Gasteiger partial charge on any atom is -0.473 e. The highest BCUT2D eigenvalue weighted by Gasteiger charge is 2.14. The molecule has 2 aromatic carbocycles. The summed E-state index contributed by atoms with van der Waals surface area (Å²) in [6, 6.07) is 14.1. The summed E-state index contributed by atoms with van der Waals surface area (Å²) in [5.41, 5.74) is 4.38. The van der Waals surface area contributed by atoms with Crippen LogP contribution >= 0.6 is 24.4 Å². The molecule has 0 spiro atoms. The number of fused-ring (bicyclic) bond motifs is 1. The lowest BCUT2D eigenvalue weighted by Gasteiger charge is -2.27. The maximum absolute atomic E-state index is 5.89.